The van der Waals surface area contributed by atoms with E-state index in [-0.39, 0.29) is 17.8 Å². The summed E-state index contributed by atoms with van der Waals surface area (Å²) in [6.45, 7) is 4.14. The third-order valence-corrected chi connectivity index (χ3v) is 5.81. The zero-order valence-electron chi connectivity index (χ0n) is 17.9. The molecule has 6 nitrogen and oxygen atoms in total. The topological polar surface area (TPSA) is 69.0 Å². The highest BCUT2D eigenvalue weighted by atomic mass is 32.2. The zero-order valence-corrected chi connectivity index (χ0v) is 18.8. The molecule has 3 aromatic carbocycles. The second-order valence-corrected chi connectivity index (χ2v) is 8.60. The predicted molar refractivity (Wildman–Crippen MR) is 127 cm³/mol. The van der Waals surface area contributed by atoms with Crippen molar-refractivity contribution in [1.82, 2.24) is 14.8 Å². The molecule has 32 heavy (non-hydrogen) atoms. The smallest absolute Gasteiger partial charge is 0.237 e. The maximum Gasteiger partial charge on any atom is 0.237 e. The summed E-state index contributed by atoms with van der Waals surface area (Å²) in [6, 6.07) is 27.1. The number of carbonyl (C=O) groups excluding carboxylic acids is 1. The molecule has 0 spiro atoms. The Hall–Kier alpha value is -3.58. The molecule has 0 bridgehead atoms. The number of aryl methyl sites for hydroxylation is 1. The van der Waals surface area contributed by atoms with Gasteiger partial charge >= 0.3 is 0 Å². The van der Waals surface area contributed by atoms with E-state index in [4.69, 9.17) is 4.74 Å². The first-order valence-electron chi connectivity index (χ1n) is 10.3. The highest BCUT2D eigenvalue weighted by Crippen LogP contribution is 2.27. The first-order valence-corrected chi connectivity index (χ1v) is 11.2. The Morgan fingerprint density at radius 2 is 1.72 bits per heavy atom. The van der Waals surface area contributed by atoms with Crippen LogP contribution in [0.2, 0.25) is 0 Å². The molecule has 1 heterocycles. The summed E-state index contributed by atoms with van der Waals surface area (Å²) in [5.74, 6) is 1.34. The third-order valence-electron chi connectivity index (χ3n) is 4.76. The Morgan fingerprint density at radius 3 is 2.44 bits per heavy atom. The number of anilines is 1. The molecule has 1 aromatic heterocycles. The Labute approximate surface area is 191 Å². The van der Waals surface area contributed by atoms with Crippen LogP contribution < -0.4 is 10.1 Å². The molecule has 7 heteroatoms. The standard InChI is InChI=1S/C25H24N4O2S/c1-18-10-9-15-22(16-18)31-17-23-27-28-25(29(23)21-13-7-4-8-14-21)32-19(2)24(30)26-20-11-5-3-6-12-20/h3-16,19H,17H2,1-2H3,(H,26,30). The van der Waals surface area contributed by atoms with Crippen molar-refractivity contribution >= 4 is 23.4 Å². The van der Waals surface area contributed by atoms with E-state index in [9.17, 15) is 4.79 Å². The molecule has 0 fully saturated rings. The molecular weight excluding hydrogens is 420 g/mol. The first-order chi connectivity index (χ1) is 15.6. The molecule has 4 aromatic rings. The molecule has 4 rings (SSSR count). The second kappa shape index (κ2) is 10.2. The number of hydrogen-bond acceptors (Lipinski definition) is 5. The quantitative estimate of drug-likeness (QED) is 0.375. The molecule has 0 aliphatic carbocycles. The van der Waals surface area contributed by atoms with Crippen molar-refractivity contribution in [3.8, 4) is 11.4 Å². The van der Waals surface area contributed by atoms with Gasteiger partial charge in [-0.3, -0.25) is 9.36 Å². The van der Waals surface area contributed by atoms with E-state index in [1.807, 2.05) is 103 Å². The summed E-state index contributed by atoms with van der Waals surface area (Å²) in [4.78, 5) is 12.7. The van der Waals surface area contributed by atoms with Gasteiger partial charge in [0.2, 0.25) is 5.91 Å². The Balaban J connectivity index is 1.54. The van der Waals surface area contributed by atoms with Gasteiger partial charge in [-0.05, 0) is 55.8 Å². The number of amides is 1. The van der Waals surface area contributed by atoms with E-state index in [0.717, 1.165) is 22.7 Å². The van der Waals surface area contributed by atoms with Crippen LogP contribution in [0.1, 0.15) is 18.3 Å². The summed E-state index contributed by atoms with van der Waals surface area (Å²) >= 11 is 1.36. The Bertz CT molecular complexity index is 1180. The average molecular weight is 445 g/mol. The molecule has 1 N–H and O–H groups in total. The number of benzene rings is 3. The molecule has 1 unspecified atom stereocenters. The molecule has 1 amide bonds. The number of hydrogen-bond donors (Lipinski definition) is 1. The predicted octanol–water partition coefficient (Wildman–Crippen LogP) is 5.27. The van der Waals surface area contributed by atoms with E-state index >= 15 is 0 Å². The Morgan fingerprint density at radius 1 is 1.00 bits per heavy atom. The fourth-order valence-corrected chi connectivity index (χ4v) is 4.02. The molecule has 0 aliphatic rings. The zero-order chi connectivity index (χ0) is 22.3. The van der Waals surface area contributed by atoms with Gasteiger partial charge in [0, 0.05) is 11.4 Å². The van der Waals surface area contributed by atoms with Crippen LogP contribution in [0.3, 0.4) is 0 Å². The monoisotopic (exact) mass is 444 g/mol. The maximum absolute atomic E-state index is 12.7. The lowest BCUT2D eigenvalue weighted by molar-refractivity contribution is -0.115. The number of nitrogens with zero attached hydrogens (tertiary/aromatic N) is 3. The van der Waals surface area contributed by atoms with Gasteiger partial charge < -0.3 is 10.1 Å². The summed E-state index contributed by atoms with van der Waals surface area (Å²) < 4.78 is 7.91. The Kier molecular flexibility index (Phi) is 6.87. The number of rotatable bonds is 8. The second-order valence-electron chi connectivity index (χ2n) is 7.29. The summed E-state index contributed by atoms with van der Waals surface area (Å²) in [5.41, 5.74) is 2.81. The molecular formula is C25H24N4O2S. The van der Waals surface area contributed by atoms with Gasteiger partial charge in [0.1, 0.15) is 12.4 Å². The number of carbonyl (C=O) groups is 1. The fourth-order valence-electron chi connectivity index (χ4n) is 3.14. The highest BCUT2D eigenvalue weighted by Gasteiger charge is 2.21. The lowest BCUT2D eigenvalue weighted by Gasteiger charge is -2.14. The average Bonchev–Trinajstić information content (AvgIpc) is 3.21. The summed E-state index contributed by atoms with van der Waals surface area (Å²) in [7, 11) is 0. The van der Waals surface area contributed by atoms with E-state index in [1.165, 1.54) is 11.8 Å². The fraction of sp³-hybridized carbons (Fsp3) is 0.160. The molecule has 1 atom stereocenters. The van der Waals surface area contributed by atoms with E-state index in [2.05, 4.69) is 15.5 Å². The van der Waals surface area contributed by atoms with Crippen molar-refractivity contribution in [2.45, 2.75) is 30.9 Å². The van der Waals surface area contributed by atoms with E-state index in [0.29, 0.717) is 11.0 Å². The number of aromatic nitrogens is 3. The van der Waals surface area contributed by atoms with Crippen LogP contribution in [0.25, 0.3) is 5.69 Å². The van der Waals surface area contributed by atoms with Crippen molar-refractivity contribution in [2.24, 2.45) is 0 Å². The van der Waals surface area contributed by atoms with Crippen LogP contribution in [-0.4, -0.2) is 25.9 Å². The summed E-state index contributed by atoms with van der Waals surface area (Å²) in [6.07, 6.45) is 0. The molecule has 0 saturated carbocycles. The normalized spacial score (nSPS) is 11.7. The number of para-hydroxylation sites is 2. The van der Waals surface area contributed by atoms with Crippen LogP contribution in [0, 0.1) is 6.92 Å². The van der Waals surface area contributed by atoms with Gasteiger partial charge in [0.05, 0.1) is 5.25 Å². The largest absolute Gasteiger partial charge is 0.486 e. The van der Waals surface area contributed by atoms with Crippen LogP contribution in [0.5, 0.6) is 5.75 Å². The van der Waals surface area contributed by atoms with Crippen LogP contribution >= 0.6 is 11.8 Å². The van der Waals surface area contributed by atoms with Crippen molar-refractivity contribution < 1.29 is 9.53 Å². The summed E-state index contributed by atoms with van der Waals surface area (Å²) in [5, 5.41) is 11.9. The van der Waals surface area contributed by atoms with Crippen molar-refractivity contribution in [3.05, 3.63) is 96.3 Å². The highest BCUT2D eigenvalue weighted by molar-refractivity contribution is 8.00. The van der Waals surface area contributed by atoms with Crippen molar-refractivity contribution in [1.29, 1.82) is 0 Å². The molecule has 0 radical (unpaired) electrons. The van der Waals surface area contributed by atoms with Crippen LogP contribution in [0.4, 0.5) is 5.69 Å². The molecule has 162 valence electrons. The maximum atomic E-state index is 12.7. The minimum Gasteiger partial charge on any atom is -0.486 e. The lowest BCUT2D eigenvalue weighted by Crippen LogP contribution is -2.22. The van der Waals surface area contributed by atoms with Gasteiger partial charge in [-0.25, -0.2) is 0 Å². The first kappa shape index (κ1) is 21.6. The van der Waals surface area contributed by atoms with E-state index in [1.54, 1.807) is 0 Å². The van der Waals surface area contributed by atoms with Gasteiger partial charge in [-0.15, -0.1) is 10.2 Å². The van der Waals surface area contributed by atoms with Crippen LogP contribution in [-0.2, 0) is 11.4 Å². The van der Waals surface area contributed by atoms with Crippen LogP contribution in [0.15, 0.2) is 90.1 Å². The van der Waals surface area contributed by atoms with Crippen molar-refractivity contribution in [3.63, 3.8) is 0 Å². The van der Waals surface area contributed by atoms with Gasteiger partial charge in [-0.2, -0.15) is 0 Å². The SMILES string of the molecule is Cc1cccc(OCc2nnc(SC(C)C(=O)Nc3ccccc3)n2-c2ccccc2)c1. The minimum atomic E-state index is -0.368. The van der Waals surface area contributed by atoms with Gasteiger partial charge in [0.25, 0.3) is 0 Å². The van der Waals surface area contributed by atoms with E-state index < -0.39 is 0 Å². The third kappa shape index (κ3) is 5.36. The lowest BCUT2D eigenvalue weighted by atomic mass is 10.2. The number of thioether (sulfide) groups is 1. The van der Waals surface area contributed by atoms with Gasteiger partial charge in [0.15, 0.2) is 11.0 Å². The van der Waals surface area contributed by atoms with Gasteiger partial charge in [-0.1, -0.05) is 60.3 Å². The molecule has 0 saturated heterocycles. The molecule has 0 aliphatic heterocycles. The number of nitrogens with one attached hydrogen (secondary N) is 1. The van der Waals surface area contributed by atoms with Crippen molar-refractivity contribution in [2.75, 3.05) is 5.32 Å². The number of ether oxygens (including phenoxy) is 1. The minimum absolute atomic E-state index is 0.0960.